The van der Waals surface area contributed by atoms with E-state index in [9.17, 15) is 15.2 Å². The number of aliphatic hydroxyl groups excluding tert-OH is 1. The topological polar surface area (TPSA) is 88.7 Å². The molecule has 3 fully saturated rings. The fourth-order valence-electron chi connectivity index (χ4n) is 5.01. The molecule has 0 saturated carbocycles. The smallest absolute Gasteiger partial charge is 0.320 e. The predicted molar refractivity (Wildman–Crippen MR) is 102 cm³/mol. The summed E-state index contributed by atoms with van der Waals surface area (Å²) in [6.45, 7) is 4.21. The third-order valence-electron chi connectivity index (χ3n) is 6.42. The first-order valence-electron chi connectivity index (χ1n) is 9.57. The number of ether oxygens (including phenoxy) is 1. The number of piperidine rings is 3. The zero-order valence-electron chi connectivity index (χ0n) is 15.7. The van der Waals surface area contributed by atoms with Gasteiger partial charge in [-0.05, 0) is 49.4 Å². The predicted octanol–water partition coefficient (Wildman–Crippen LogP) is 3.31. The minimum atomic E-state index is -0.790. The lowest BCUT2D eigenvalue weighted by atomic mass is 9.72. The van der Waals surface area contributed by atoms with Crippen molar-refractivity contribution in [1.82, 2.24) is 9.88 Å². The Morgan fingerprint density at radius 2 is 2.26 bits per heavy atom. The zero-order valence-corrected chi connectivity index (χ0v) is 15.7. The Morgan fingerprint density at radius 1 is 1.44 bits per heavy atom. The molecule has 2 bridgehead atoms. The van der Waals surface area contributed by atoms with Gasteiger partial charge in [0.1, 0.15) is 0 Å². The number of pyridine rings is 1. The van der Waals surface area contributed by atoms with E-state index in [1.807, 2.05) is 0 Å². The van der Waals surface area contributed by atoms with Crippen molar-refractivity contribution in [3.63, 3.8) is 0 Å². The molecular weight excluding hydrogens is 346 g/mol. The van der Waals surface area contributed by atoms with Crippen LogP contribution >= 0.6 is 0 Å². The van der Waals surface area contributed by atoms with Gasteiger partial charge in [-0.25, -0.2) is 0 Å². The number of methoxy groups -OCH3 is 1. The lowest BCUT2D eigenvalue weighted by Gasteiger charge is -2.51. The second kappa shape index (κ2) is 7.05. The summed E-state index contributed by atoms with van der Waals surface area (Å²) in [5.74, 6) is 1.49. The number of nitro benzene ring substituents is 1. The highest BCUT2D eigenvalue weighted by molar-refractivity contribution is 5.94. The molecule has 7 nitrogen and oxygen atoms in total. The molecule has 1 N–H and O–H groups in total. The van der Waals surface area contributed by atoms with Gasteiger partial charge in [-0.1, -0.05) is 13.3 Å². The molecular formula is C20H25N3O4. The van der Waals surface area contributed by atoms with E-state index in [0.717, 1.165) is 25.9 Å². The van der Waals surface area contributed by atoms with Crippen LogP contribution in [0.3, 0.4) is 0 Å². The Labute approximate surface area is 158 Å². The highest BCUT2D eigenvalue weighted by Crippen LogP contribution is 2.44. The van der Waals surface area contributed by atoms with Gasteiger partial charge in [0.2, 0.25) is 0 Å². The Kier molecular flexibility index (Phi) is 4.74. The van der Waals surface area contributed by atoms with E-state index in [0.29, 0.717) is 28.3 Å². The Hall–Kier alpha value is -2.25. The second-order valence-electron chi connectivity index (χ2n) is 7.63. The molecule has 7 heteroatoms. The van der Waals surface area contributed by atoms with Gasteiger partial charge in [0, 0.05) is 24.3 Å². The molecule has 1 unspecified atom stereocenters. The van der Waals surface area contributed by atoms with Gasteiger partial charge in [-0.15, -0.1) is 0 Å². The number of fused-ring (bicyclic) bond motifs is 4. The quantitative estimate of drug-likeness (QED) is 0.641. The maximum Gasteiger partial charge on any atom is 0.320 e. The molecule has 27 heavy (non-hydrogen) atoms. The summed E-state index contributed by atoms with van der Waals surface area (Å²) in [7, 11) is 1.41. The van der Waals surface area contributed by atoms with Crippen LogP contribution in [0.4, 0.5) is 5.69 Å². The van der Waals surface area contributed by atoms with Gasteiger partial charge in [-0.3, -0.25) is 20.0 Å². The maximum atomic E-state index is 11.8. The van der Waals surface area contributed by atoms with Crippen LogP contribution in [0.2, 0.25) is 0 Å². The molecule has 3 saturated heterocycles. The third kappa shape index (κ3) is 2.95. The van der Waals surface area contributed by atoms with Crippen LogP contribution < -0.4 is 4.74 Å². The molecule has 3 aliphatic heterocycles. The van der Waals surface area contributed by atoms with Crippen LogP contribution in [0.15, 0.2) is 24.4 Å². The standard InChI is InChI=1S/C20H25N3O4/c1-3-12-11-22-9-7-13(12)10-16(22)20(24)14-6-8-21-15-4-5-17(27-2)19(18(14)15)23(25)26/h4-6,8,12-13,16,20,24H,3,7,9-11H2,1-2H3/t12-,13-,16-,20+/m0/s1. The number of hydrogen-bond acceptors (Lipinski definition) is 6. The second-order valence-corrected chi connectivity index (χ2v) is 7.63. The largest absolute Gasteiger partial charge is 0.490 e. The third-order valence-corrected chi connectivity index (χ3v) is 6.42. The number of nitrogens with zero attached hydrogens (tertiary/aromatic N) is 3. The van der Waals surface area contributed by atoms with Crippen molar-refractivity contribution in [1.29, 1.82) is 0 Å². The monoisotopic (exact) mass is 371 g/mol. The highest BCUT2D eigenvalue weighted by Gasteiger charge is 2.43. The summed E-state index contributed by atoms with van der Waals surface area (Å²) >= 11 is 0. The van der Waals surface area contributed by atoms with Crippen molar-refractivity contribution in [2.45, 2.75) is 38.3 Å². The van der Waals surface area contributed by atoms with E-state index < -0.39 is 11.0 Å². The van der Waals surface area contributed by atoms with E-state index in [1.54, 1.807) is 24.4 Å². The molecule has 0 amide bonds. The lowest BCUT2D eigenvalue weighted by molar-refractivity contribution is -0.384. The number of benzene rings is 1. The van der Waals surface area contributed by atoms with Crippen molar-refractivity contribution in [2.24, 2.45) is 11.8 Å². The van der Waals surface area contributed by atoms with Crippen LogP contribution in [0, 0.1) is 22.0 Å². The summed E-state index contributed by atoms with van der Waals surface area (Å²) in [4.78, 5) is 18.0. The molecule has 0 aliphatic carbocycles. The average molecular weight is 371 g/mol. The van der Waals surface area contributed by atoms with Crippen LogP contribution in [-0.2, 0) is 0 Å². The molecule has 144 valence electrons. The summed E-state index contributed by atoms with van der Waals surface area (Å²) in [6, 6.07) is 4.96. The molecule has 3 aliphatic rings. The van der Waals surface area contributed by atoms with Gasteiger partial charge in [0.15, 0.2) is 5.75 Å². The number of aromatic nitrogens is 1. The van der Waals surface area contributed by atoms with Crippen LogP contribution in [0.1, 0.15) is 37.9 Å². The normalized spacial score (nSPS) is 28.3. The number of hydrogen-bond donors (Lipinski definition) is 1. The first-order chi connectivity index (χ1) is 13.0. The average Bonchev–Trinajstić information content (AvgIpc) is 2.71. The molecule has 0 radical (unpaired) electrons. The highest BCUT2D eigenvalue weighted by atomic mass is 16.6. The van der Waals surface area contributed by atoms with E-state index in [-0.39, 0.29) is 17.5 Å². The first kappa shape index (κ1) is 18.1. The van der Waals surface area contributed by atoms with Crippen molar-refractivity contribution in [2.75, 3.05) is 20.2 Å². The van der Waals surface area contributed by atoms with E-state index in [1.165, 1.54) is 13.5 Å². The van der Waals surface area contributed by atoms with Crippen LogP contribution in [0.25, 0.3) is 10.9 Å². The van der Waals surface area contributed by atoms with Gasteiger partial charge < -0.3 is 9.84 Å². The summed E-state index contributed by atoms with van der Waals surface area (Å²) in [5.41, 5.74) is 0.942. The van der Waals surface area contributed by atoms with E-state index in [2.05, 4.69) is 16.8 Å². The molecule has 1 aromatic heterocycles. The SMILES string of the molecule is CC[C@H]1CN2CC[C@H]1C[C@H]2[C@H](O)c1ccnc2ccc(OC)c([N+](=O)[O-])c12. The van der Waals surface area contributed by atoms with E-state index in [4.69, 9.17) is 4.74 Å². The Morgan fingerprint density at radius 3 is 2.89 bits per heavy atom. The van der Waals surface area contributed by atoms with Crippen molar-refractivity contribution < 1.29 is 14.8 Å². The first-order valence-corrected chi connectivity index (χ1v) is 9.57. The van der Waals surface area contributed by atoms with Gasteiger partial charge >= 0.3 is 5.69 Å². The fraction of sp³-hybridized carbons (Fsp3) is 0.550. The van der Waals surface area contributed by atoms with Gasteiger partial charge in [0.05, 0.1) is 29.0 Å². The lowest BCUT2D eigenvalue weighted by Crippen LogP contribution is -2.55. The molecule has 4 heterocycles. The van der Waals surface area contributed by atoms with Gasteiger partial charge in [-0.2, -0.15) is 0 Å². The summed E-state index contributed by atoms with van der Waals surface area (Å²) in [6.07, 6.45) is 4.09. The Bertz CT molecular complexity index is 872. The zero-order chi connectivity index (χ0) is 19.1. The van der Waals surface area contributed by atoms with Crippen molar-refractivity contribution >= 4 is 16.6 Å². The van der Waals surface area contributed by atoms with E-state index >= 15 is 0 Å². The Balaban J connectivity index is 1.79. The molecule has 0 spiro atoms. The summed E-state index contributed by atoms with van der Waals surface area (Å²) < 4.78 is 5.21. The minimum absolute atomic E-state index is 0.0112. The molecule has 5 rings (SSSR count). The van der Waals surface area contributed by atoms with Crippen molar-refractivity contribution in [3.8, 4) is 5.75 Å². The van der Waals surface area contributed by atoms with Gasteiger partial charge in [0.25, 0.3) is 0 Å². The van der Waals surface area contributed by atoms with Crippen LogP contribution in [-0.4, -0.2) is 46.2 Å². The number of rotatable bonds is 5. The summed E-state index contributed by atoms with van der Waals surface area (Å²) in [5, 5.41) is 23.4. The van der Waals surface area contributed by atoms with Crippen molar-refractivity contribution in [3.05, 3.63) is 40.1 Å². The number of aliphatic hydroxyl groups is 1. The fourth-order valence-corrected chi connectivity index (χ4v) is 5.01. The minimum Gasteiger partial charge on any atom is -0.490 e. The molecule has 1 aromatic carbocycles. The number of nitro groups is 1. The molecule has 2 aromatic rings. The molecule has 5 atom stereocenters. The van der Waals surface area contributed by atoms with Crippen LogP contribution in [0.5, 0.6) is 5.75 Å². The maximum absolute atomic E-state index is 11.8.